The molecule has 4 saturated carbocycles. The molecule has 0 saturated heterocycles. The van der Waals surface area contributed by atoms with Crippen molar-refractivity contribution in [2.75, 3.05) is 20.4 Å². The summed E-state index contributed by atoms with van der Waals surface area (Å²) < 4.78 is 135. The van der Waals surface area contributed by atoms with E-state index in [1.165, 1.54) is 27.9 Å². The maximum absolute atomic E-state index is 13.1. The molecule has 94 heavy (non-hydrogen) atoms. The summed E-state index contributed by atoms with van der Waals surface area (Å²) >= 11 is 0. The van der Waals surface area contributed by atoms with Crippen molar-refractivity contribution in [3.8, 4) is 0 Å². The molecule has 0 aliphatic heterocycles. The van der Waals surface area contributed by atoms with Crippen molar-refractivity contribution in [2.24, 2.45) is 23.2 Å². The summed E-state index contributed by atoms with van der Waals surface area (Å²) in [7, 11) is -15.9. The van der Waals surface area contributed by atoms with Crippen LogP contribution in [0.1, 0.15) is 85.1 Å². The Morgan fingerprint density at radius 1 is 0.383 bits per heavy atom. The summed E-state index contributed by atoms with van der Waals surface area (Å²) in [5.41, 5.74) is 2.92. The summed E-state index contributed by atoms with van der Waals surface area (Å²) in [6.45, 7) is 12.1. The third-order valence-electron chi connectivity index (χ3n) is 16.0. The molecule has 496 valence electrons. The monoisotopic (exact) mass is 1360 g/mol. The van der Waals surface area contributed by atoms with E-state index < -0.39 is 55.7 Å². The van der Waals surface area contributed by atoms with Gasteiger partial charge in [-0.1, -0.05) is 184 Å². The highest BCUT2D eigenvalue weighted by molar-refractivity contribution is 7.93. The maximum Gasteiger partial charge on any atom is 0.268 e. The van der Waals surface area contributed by atoms with E-state index in [1.807, 2.05) is 87.5 Å². The summed E-state index contributed by atoms with van der Waals surface area (Å²) in [6.07, 6.45) is 7.89. The minimum atomic E-state index is -3.67. The number of hydrogen-bond acceptors (Lipinski definition) is 10. The number of benzene rings is 9. The standard InChI is InChI=1S/C18H15NO2S.C16H21NO2S.C14H23NO2S.2C13H13NO2S/c20-22(21,18-14-8-3-9-15-18)19(16-10-4-1-5-11-16)17-12-6-2-7-13-17;18-20(19,15-4-2-1-3-5-15)17-16-9-12-6-13(10-16)8-14(7-12)11-16;1-13(2,3)11-14(4,5)15-18(16,17)12-9-7-6-8-10-12;1-14(12-8-4-2-5-9-12)17(15,16)13-10-6-3-7-11-13;1-11-7-9-13(10-8-11)17(15,16)14-12-5-3-2-4-6-12/h1-15H;1-5,12-14,17H,6-11H2;6-10,15H,11H2,1-5H3;2-11H,1H3;2-10,14H,1H3. The Morgan fingerprint density at radius 3 is 1.09 bits per heavy atom. The van der Waals surface area contributed by atoms with Crippen molar-refractivity contribution in [2.45, 2.75) is 122 Å². The molecule has 9 aromatic carbocycles. The Balaban J connectivity index is 0.000000151. The van der Waals surface area contributed by atoms with Gasteiger partial charge in [-0.3, -0.25) is 9.03 Å². The summed E-state index contributed by atoms with van der Waals surface area (Å²) in [4.78, 5) is 1.55. The van der Waals surface area contributed by atoms with Crippen molar-refractivity contribution in [1.82, 2.24) is 9.44 Å². The zero-order valence-electron chi connectivity index (χ0n) is 54.1. The normalized spacial score (nSPS) is 17.5. The van der Waals surface area contributed by atoms with E-state index in [9.17, 15) is 42.1 Å². The fraction of sp³-hybridized carbons (Fsp3) is 0.270. The van der Waals surface area contributed by atoms with Gasteiger partial charge in [0.15, 0.2) is 0 Å². The molecule has 0 amide bonds. The van der Waals surface area contributed by atoms with Gasteiger partial charge in [-0.25, -0.2) is 55.8 Å². The number of para-hydroxylation sites is 4. The number of sulfonamides is 5. The Bertz CT molecular complexity index is 4360. The second kappa shape index (κ2) is 31.1. The average Bonchev–Trinajstić information content (AvgIpc) is 0.753. The largest absolute Gasteiger partial charge is 0.280 e. The first-order valence-electron chi connectivity index (χ1n) is 31.1. The zero-order chi connectivity index (χ0) is 67.8. The van der Waals surface area contributed by atoms with Gasteiger partial charge < -0.3 is 0 Å². The van der Waals surface area contributed by atoms with Crippen molar-refractivity contribution in [3.63, 3.8) is 0 Å². The first-order valence-corrected chi connectivity index (χ1v) is 38.4. The molecule has 4 bridgehead atoms. The fourth-order valence-electron chi connectivity index (χ4n) is 12.8. The van der Waals surface area contributed by atoms with Crippen molar-refractivity contribution < 1.29 is 42.1 Å². The highest BCUT2D eigenvalue weighted by Gasteiger charge is 2.52. The topological polar surface area (TPSA) is 213 Å². The molecule has 9 aromatic rings. The van der Waals surface area contributed by atoms with Crippen LogP contribution in [0.15, 0.2) is 291 Å². The molecule has 3 N–H and O–H groups in total. The van der Waals surface area contributed by atoms with Crippen molar-refractivity contribution in [3.05, 3.63) is 272 Å². The molecule has 0 atom stereocenters. The van der Waals surface area contributed by atoms with Gasteiger partial charge in [0.05, 0.1) is 41.5 Å². The van der Waals surface area contributed by atoms with Crippen LogP contribution < -0.4 is 22.8 Å². The summed E-state index contributed by atoms with van der Waals surface area (Å²) in [5.74, 6) is 2.25. The van der Waals surface area contributed by atoms with Gasteiger partial charge in [0.25, 0.3) is 30.1 Å². The second-order valence-corrected chi connectivity index (χ2v) is 34.6. The van der Waals surface area contributed by atoms with Crippen LogP contribution in [0, 0.1) is 30.1 Å². The van der Waals surface area contributed by atoms with Crippen molar-refractivity contribution >= 4 is 72.9 Å². The van der Waals surface area contributed by atoms with Crippen LogP contribution in [0.25, 0.3) is 0 Å². The minimum absolute atomic E-state index is 0.0721. The van der Waals surface area contributed by atoms with E-state index in [4.69, 9.17) is 0 Å². The van der Waals surface area contributed by atoms with E-state index in [0.717, 1.165) is 49.0 Å². The van der Waals surface area contributed by atoms with Crippen LogP contribution in [0.4, 0.5) is 22.7 Å². The number of nitrogens with one attached hydrogen (secondary N) is 3. The summed E-state index contributed by atoms with van der Waals surface area (Å²) in [5, 5.41) is 0. The molecule has 0 unspecified atom stereocenters. The van der Waals surface area contributed by atoms with E-state index in [1.54, 1.807) is 207 Å². The third-order valence-corrected chi connectivity index (χ3v) is 24.3. The van der Waals surface area contributed by atoms with Crippen LogP contribution in [-0.4, -0.2) is 60.2 Å². The Kier molecular flexibility index (Phi) is 23.8. The van der Waals surface area contributed by atoms with Gasteiger partial charge in [-0.05, 0) is 198 Å². The van der Waals surface area contributed by atoms with Crippen LogP contribution in [0.2, 0.25) is 0 Å². The molecule has 15 nitrogen and oxygen atoms in total. The highest BCUT2D eigenvalue weighted by Crippen LogP contribution is 2.56. The molecule has 0 radical (unpaired) electrons. The smallest absolute Gasteiger partial charge is 0.268 e. The van der Waals surface area contributed by atoms with E-state index in [2.05, 4.69) is 34.9 Å². The van der Waals surface area contributed by atoms with Gasteiger partial charge in [-0.2, -0.15) is 0 Å². The lowest BCUT2D eigenvalue weighted by Crippen LogP contribution is -2.59. The first-order chi connectivity index (χ1) is 44.5. The molecule has 20 heteroatoms. The van der Waals surface area contributed by atoms with E-state index in [0.29, 0.717) is 37.4 Å². The third kappa shape index (κ3) is 20.0. The SMILES string of the molecule is CC(C)(C)CC(C)(C)NS(=O)(=O)c1ccccc1.CN(c1ccccc1)S(=O)(=O)c1ccccc1.Cc1ccc(S(=O)(=O)Nc2ccccc2)cc1.O=S(=O)(NC12CC3CC(CC(C3)C1)C2)c1ccccc1.O=S(=O)(c1ccccc1)N(c1ccccc1)c1ccccc1. The molecule has 13 rings (SSSR count). The molecule has 4 aliphatic rings. The first kappa shape index (κ1) is 71.9. The van der Waals surface area contributed by atoms with Crippen LogP contribution in [-0.2, 0) is 50.1 Å². The number of anilines is 4. The van der Waals surface area contributed by atoms with E-state index >= 15 is 0 Å². The predicted octanol–water partition coefficient (Wildman–Crippen LogP) is 15.6. The zero-order valence-corrected chi connectivity index (χ0v) is 58.2. The number of nitrogens with zero attached hydrogens (tertiary/aromatic N) is 2. The second-order valence-electron chi connectivity index (χ2n) is 25.8. The Morgan fingerprint density at radius 2 is 0.702 bits per heavy atom. The van der Waals surface area contributed by atoms with Gasteiger partial charge in [0.2, 0.25) is 20.0 Å². The van der Waals surface area contributed by atoms with Crippen LogP contribution >= 0.6 is 0 Å². The summed E-state index contributed by atoms with van der Waals surface area (Å²) in [6, 6.07) is 76.9. The molecular formula is C74H85N5O10S5. The molecular weight excluding hydrogens is 1280 g/mol. The minimum Gasteiger partial charge on any atom is -0.280 e. The van der Waals surface area contributed by atoms with Crippen molar-refractivity contribution in [1.29, 1.82) is 0 Å². The molecule has 0 aromatic heterocycles. The lowest BCUT2D eigenvalue weighted by atomic mass is 9.53. The number of aryl methyl sites for hydroxylation is 1. The number of hydrogen-bond donors (Lipinski definition) is 3. The average molecular weight is 1360 g/mol. The number of rotatable bonds is 17. The van der Waals surface area contributed by atoms with Gasteiger partial charge >= 0.3 is 0 Å². The Hall–Kier alpha value is -7.95. The molecule has 4 fully saturated rings. The fourth-order valence-corrected chi connectivity index (χ4v) is 19.5. The molecule has 0 heterocycles. The maximum atomic E-state index is 13.1. The molecule has 4 aliphatic carbocycles. The van der Waals surface area contributed by atoms with Gasteiger partial charge in [0, 0.05) is 23.8 Å². The van der Waals surface area contributed by atoms with E-state index in [-0.39, 0.29) is 20.7 Å². The predicted molar refractivity (Wildman–Crippen MR) is 378 cm³/mol. The van der Waals surface area contributed by atoms with Crippen LogP contribution in [0.5, 0.6) is 0 Å². The van der Waals surface area contributed by atoms with Gasteiger partial charge in [-0.15, -0.1) is 0 Å². The van der Waals surface area contributed by atoms with Crippen LogP contribution in [0.3, 0.4) is 0 Å². The Labute approximate surface area is 558 Å². The lowest BCUT2D eigenvalue weighted by Gasteiger charge is -2.56. The lowest BCUT2D eigenvalue weighted by molar-refractivity contribution is -0.00811. The quantitative estimate of drug-likeness (QED) is 0.0784. The van der Waals surface area contributed by atoms with Gasteiger partial charge in [0.1, 0.15) is 0 Å². The molecule has 0 spiro atoms. The highest BCUT2D eigenvalue weighted by atomic mass is 32.2.